The fraction of sp³-hybridized carbons (Fsp3) is 0.385. The van der Waals surface area contributed by atoms with Crippen molar-refractivity contribution >= 4 is 29.1 Å². The van der Waals surface area contributed by atoms with Gasteiger partial charge in [0, 0.05) is 31.9 Å². The van der Waals surface area contributed by atoms with Crippen LogP contribution in [-0.2, 0) is 17.9 Å². The first-order chi connectivity index (χ1) is 10.4. The van der Waals surface area contributed by atoms with Gasteiger partial charge in [-0.3, -0.25) is 19.0 Å². The molecule has 2 amide bonds. The molecule has 0 fully saturated rings. The van der Waals surface area contributed by atoms with Crippen LogP contribution in [0.1, 0.15) is 29.5 Å². The highest BCUT2D eigenvalue weighted by atomic mass is 35.5. The highest BCUT2D eigenvalue weighted by Gasteiger charge is 2.16. The molecule has 0 atom stereocenters. The van der Waals surface area contributed by atoms with Crippen molar-refractivity contribution in [3.63, 3.8) is 0 Å². The first kappa shape index (κ1) is 16.0. The number of carbonyl (C=O) groups is 2. The summed E-state index contributed by atoms with van der Waals surface area (Å²) in [5, 5.41) is 11.4. The third-order valence-corrected chi connectivity index (χ3v) is 3.42. The third kappa shape index (κ3) is 3.64. The molecule has 0 spiro atoms. The summed E-state index contributed by atoms with van der Waals surface area (Å²) in [4.78, 5) is 23.3. The predicted molar refractivity (Wildman–Crippen MR) is 81.6 cm³/mol. The minimum Gasteiger partial charge on any atom is -0.364 e. The maximum absolute atomic E-state index is 12.0. The van der Waals surface area contributed by atoms with Crippen molar-refractivity contribution < 1.29 is 9.59 Å². The van der Waals surface area contributed by atoms with Crippen molar-refractivity contribution in [1.29, 1.82) is 0 Å². The molecule has 22 heavy (non-hydrogen) atoms. The lowest BCUT2D eigenvalue weighted by atomic mass is 10.3. The van der Waals surface area contributed by atoms with Gasteiger partial charge in [-0.2, -0.15) is 10.2 Å². The van der Waals surface area contributed by atoms with Gasteiger partial charge >= 0.3 is 0 Å². The monoisotopic (exact) mass is 324 g/mol. The first-order valence-corrected chi connectivity index (χ1v) is 7.15. The number of aromatic nitrogens is 4. The predicted octanol–water partition coefficient (Wildman–Crippen LogP) is 1.19. The second kappa shape index (κ2) is 6.61. The molecule has 0 saturated heterocycles. The summed E-state index contributed by atoms with van der Waals surface area (Å²) < 4.78 is 3.13. The molecule has 8 nitrogen and oxygen atoms in total. The van der Waals surface area contributed by atoms with Gasteiger partial charge in [0.2, 0.25) is 5.91 Å². The van der Waals surface area contributed by atoms with E-state index < -0.39 is 5.91 Å². The Morgan fingerprint density at radius 3 is 2.59 bits per heavy atom. The van der Waals surface area contributed by atoms with Crippen molar-refractivity contribution in [3.05, 3.63) is 28.8 Å². The van der Waals surface area contributed by atoms with Crippen molar-refractivity contribution in [3.8, 4) is 0 Å². The molecule has 2 heterocycles. The molecule has 9 heteroatoms. The maximum atomic E-state index is 12.0. The number of carbonyl (C=O) groups excluding carboxylic acids is 2. The molecule has 2 aromatic heterocycles. The molecule has 118 valence electrons. The van der Waals surface area contributed by atoms with Gasteiger partial charge in [-0.1, -0.05) is 11.6 Å². The van der Waals surface area contributed by atoms with E-state index in [0.717, 1.165) is 0 Å². The van der Waals surface area contributed by atoms with Crippen LogP contribution in [0, 0.1) is 6.92 Å². The van der Waals surface area contributed by atoms with E-state index in [9.17, 15) is 9.59 Å². The Morgan fingerprint density at radius 1 is 1.32 bits per heavy atom. The highest BCUT2D eigenvalue weighted by molar-refractivity contribution is 6.31. The molecule has 3 N–H and O–H groups in total. The standard InChI is InChI=1S/C13H17ClN6O2/c1-3-19-7-10(12(18-19)13(15)22)16-11(21)4-5-20-6-9(14)8(2)17-20/h6-7H,3-5H2,1-2H3,(H2,15,22)(H,16,21). The molecule has 0 saturated carbocycles. The summed E-state index contributed by atoms with van der Waals surface area (Å²) in [5.41, 5.74) is 6.32. The van der Waals surface area contributed by atoms with Crippen molar-refractivity contribution in [2.24, 2.45) is 5.73 Å². The SMILES string of the molecule is CCn1cc(NC(=O)CCn2cc(Cl)c(C)n2)c(C(N)=O)n1. The summed E-state index contributed by atoms with van der Waals surface area (Å²) in [7, 11) is 0. The Kier molecular flexibility index (Phi) is 4.81. The lowest BCUT2D eigenvalue weighted by molar-refractivity contribution is -0.116. The fourth-order valence-electron chi connectivity index (χ4n) is 1.89. The van der Waals surface area contributed by atoms with Crippen LogP contribution in [0.5, 0.6) is 0 Å². The highest BCUT2D eigenvalue weighted by Crippen LogP contribution is 2.15. The van der Waals surface area contributed by atoms with E-state index in [-0.39, 0.29) is 18.0 Å². The van der Waals surface area contributed by atoms with E-state index in [4.69, 9.17) is 17.3 Å². The molecule has 0 unspecified atom stereocenters. The van der Waals surface area contributed by atoms with Crippen LogP contribution in [0.4, 0.5) is 5.69 Å². The molecule has 2 rings (SSSR count). The number of nitrogens with two attached hydrogens (primary N) is 1. The molecule has 0 aromatic carbocycles. The second-order valence-electron chi connectivity index (χ2n) is 4.74. The van der Waals surface area contributed by atoms with Gasteiger partial charge in [-0.05, 0) is 13.8 Å². The number of primary amides is 1. The lowest BCUT2D eigenvalue weighted by Gasteiger charge is -2.04. The number of nitrogens with one attached hydrogen (secondary N) is 1. The molecular formula is C13H17ClN6O2. The fourth-order valence-corrected chi connectivity index (χ4v) is 2.04. The van der Waals surface area contributed by atoms with Crippen LogP contribution in [0.3, 0.4) is 0 Å². The van der Waals surface area contributed by atoms with Gasteiger partial charge in [0.25, 0.3) is 5.91 Å². The zero-order chi connectivity index (χ0) is 16.3. The number of halogens is 1. The Morgan fingerprint density at radius 2 is 2.05 bits per heavy atom. The maximum Gasteiger partial charge on any atom is 0.271 e. The van der Waals surface area contributed by atoms with E-state index in [1.54, 1.807) is 24.0 Å². The van der Waals surface area contributed by atoms with E-state index in [1.165, 1.54) is 4.68 Å². The zero-order valence-electron chi connectivity index (χ0n) is 12.3. The van der Waals surface area contributed by atoms with Gasteiger partial charge in [-0.25, -0.2) is 0 Å². The number of aryl methyl sites for hydroxylation is 3. The zero-order valence-corrected chi connectivity index (χ0v) is 13.1. The minimum atomic E-state index is -0.683. The molecular weight excluding hydrogens is 308 g/mol. The molecule has 2 aromatic rings. The number of nitrogens with zero attached hydrogens (tertiary/aromatic N) is 4. The van der Waals surface area contributed by atoms with Crippen LogP contribution in [0.25, 0.3) is 0 Å². The van der Waals surface area contributed by atoms with Gasteiger partial charge in [-0.15, -0.1) is 0 Å². The van der Waals surface area contributed by atoms with Crippen LogP contribution in [0.15, 0.2) is 12.4 Å². The van der Waals surface area contributed by atoms with E-state index >= 15 is 0 Å². The van der Waals surface area contributed by atoms with Gasteiger partial charge in [0.05, 0.1) is 16.4 Å². The smallest absolute Gasteiger partial charge is 0.271 e. The summed E-state index contributed by atoms with van der Waals surface area (Å²) in [6.07, 6.45) is 3.42. The number of anilines is 1. The van der Waals surface area contributed by atoms with Crippen molar-refractivity contribution in [2.45, 2.75) is 33.4 Å². The van der Waals surface area contributed by atoms with Crippen molar-refractivity contribution in [1.82, 2.24) is 19.6 Å². The third-order valence-electron chi connectivity index (χ3n) is 3.05. The van der Waals surface area contributed by atoms with Gasteiger partial charge in [0.1, 0.15) is 0 Å². The van der Waals surface area contributed by atoms with Crippen LogP contribution in [-0.4, -0.2) is 31.4 Å². The van der Waals surface area contributed by atoms with E-state index in [0.29, 0.717) is 29.5 Å². The summed E-state index contributed by atoms with van der Waals surface area (Å²) >= 11 is 5.90. The largest absolute Gasteiger partial charge is 0.364 e. The van der Waals surface area contributed by atoms with Gasteiger partial charge in [0.15, 0.2) is 5.69 Å². The topological polar surface area (TPSA) is 108 Å². The molecule has 0 radical (unpaired) electrons. The van der Waals surface area contributed by atoms with E-state index in [1.807, 2.05) is 6.92 Å². The normalized spacial score (nSPS) is 10.7. The summed E-state index contributed by atoms with van der Waals surface area (Å²) in [6, 6.07) is 0. The van der Waals surface area contributed by atoms with E-state index in [2.05, 4.69) is 15.5 Å². The number of amides is 2. The Balaban J connectivity index is 1.99. The molecule has 0 aliphatic carbocycles. The van der Waals surface area contributed by atoms with Crippen LogP contribution in [0.2, 0.25) is 5.02 Å². The van der Waals surface area contributed by atoms with Crippen LogP contribution >= 0.6 is 11.6 Å². The Labute approximate surface area is 132 Å². The van der Waals surface area contributed by atoms with Crippen molar-refractivity contribution in [2.75, 3.05) is 5.32 Å². The quantitative estimate of drug-likeness (QED) is 0.832. The molecule has 0 aliphatic heterocycles. The minimum absolute atomic E-state index is 0.0492. The number of hydrogen-bond acceptors (Lipinski definition) is 4. The summed E-state index contributed by atoms with van der Waals surface area (Å²) in [5.74, 6) is -0.945. The first-order valence-electron chi connectivity index (χ1n) is 6.77. The lowest BCUT2D eigenvalue weighted by Crippen LogP contribution is -2.19. The molecule has 0 aliphatic rings. The molecule has 0 bridgehead atoms. The Hall–Kier alpha value is -2.35. The van der Waals surface area contributed by atoms with Crippen LogP contribution < -0.4 is 11.1 Å². The average Bonchev–Trinajstić information content (AvgIpc) is 3.01. The Bertz CT molecular complexity index is 686. The number of rotatable bonds is 6. The number of hydrogen-bond donors (Lipinski definition) is 2. The summed E-state index contributed by atoms with van der Waals surface area (Å²) in [6.45, 7) is 4.61. The second-order valence-corrected chi connectivity index (χ2v) is 5.14. The van der Waals surface area contributed by atoms with Gasteiger partial charge < -0.3 is 11.1 Å². The average molecular weight is 325 g/mol.